The van der Waals surface area contributed by atoms with E-state index in [0.717, 1.165) is 21.8 Å². The van der Waals surface area contributed by atoms with Gasteiger partial charge in [0.2, 0.25) is 0 Å². The third-order valence-electron chi connectivity index (χ3n) is 4.79. The first-order valence-corrected chi connectivity index (χ1v) is 8.45. The van der Waals surface area contributed by atoms with E-state index in [2.05, 4.69) is 4.57 Å². The lowest BCUT2D eigenvalue weighted by Gasteiger charge is -2.05. The molecule has 134 valence electrons. The summed E-state index contributed by atoms with van der Waals surface area (Å²) in [7, 11) is 0. The van der Waals surface area contributed by atoms with E-state index >= 15 is 0 Å². The van der Waals surface area contributed by atoms with Gasteiger partial charge in [0.1, 0.15) is 0 Å². The highest BCUT2D eigenvalue weighted by molar-refractivity contribution is 6.10. The van der Waals surface area contributed by atoms with Crippen molar-refractivity contribution in [1.82, 2.24) is 4.57 Å². The molecule has 0 amide bonds. The first-order chi connectivity index (χ1) is 13.0. The van der Waals surface area contributed by atoms with Crippen LogP contribution in [0, 0.1) is 20.2 Å². The molecule has 1 aromatic heterocycles. The van der Waals surface area contributed by atoms with Gasteiger partial charge in [-0.1, -0.05) is 18.2 Å². The molecule has 7 nitrogen and oxygen atoms in total. The normalized spacial score (nSPS) is 11.1. The minimum atomic E-state index is -0.416. The van der Waals surface area contributed by atoms with E-state index in [0.29, 0.717) is 17.7 Å². The second-order valence-electron chi connectivity index (χ2n) is 6.21. The summed E-state index contributed by atoms with van der Waals surface area (Å²) in [5, 5.41) is 24.2. The van der Waals surface area contributed by atoms with E-state index in [1.165, 1.54) is 12.1 Å². The zero-order valence-electron chi connectivity index (χ0n) is 14.5. The summed E-state index contributed by atoms with van der Waals surface area (Å²) >= 11 is 0. The molecule has 0 fully saturated rings. The summed E-state index contributed by atoms with van der Waals surface area (Å²) in [6, 6.07) is 17.0. The molecule has 0 N–H and O–H groups in total. The Labute approximate surface area is 153 Å². The van der Waals surface area contributed by atoms with Gasteiger partial charge in [-0.3, -0.25) is 20.2 Å². The Morgan fingerprint density at radius 1 is 0.852 bits per heavy atom. The molecule has 0 saturated heterocycles. The SMILES string of the molecule is CCn1c2ccc(-c3ccccc3[N+](=O)[O-])cc2c2cc([N+](=O)[O-])ccc21. The number of aromatic nitrogens is 1. The fourth-order valence-corrected chi connectivity index (χ4v) is 3.59. The lowest BCUT2D eigenvalue weighted by Crippen LogP contribution is -1.94. The fourth-order valence-electron chi connectivity index (χ4n) is 3.59. The van der Waals surface area contributed by atoms with Crippen molar-refractivity contribution in [1.29, 1.82) is 0 Å². The lowest BCUT2D eigenvalue weighted by molar-refractivity contribution is -0.384. The van der Waals surface area contributed by atoms with Crippen molar-refractivity contribution in [2.24, 2.45) is 0 Å². The van der Waals surface area contributed by atoms with Crippen molar-refractivity contribution >= 4 is 33.2 Å². The Hall–Kier alpha value is -3.74. The van der Waals surface area contributed by atoms with Crippen LogP contribution in [0.3, 0.4) is 0 Å². The van der Waals surface area contributed by atoms with E-state index < -0.39 is 9.85 Å². The minimum absolute atomic E-state index is 0.0220. The zero-order chi connectivity index (χ0) is 19.1. The molecule has 0 unspecified atom stereocenters. The van der Waals surface area contributed by atoms with Crippen LogP contribution < -0.4 is 0 Å². The molecule has 0 radical (unpaired) electrons. The van der Waals surface area contributed by atoms with Crippen molar-refractivity contribution in [3.05, 3.63) is 80.9 Å². The predicted molar refractivity (Wildman–Crippen MR) is 104 cm³/mol. The van der Waals surface area contributed by atoms with Crippen molar-refractivity contribution in [3.63, 3.8) is 0 Å². The Bertz CT molecular complexity index is 1230. The molecule has 3 aromatic carbocycles. The highest BCUT2D eigenvalue weighted by Crippen LogP contribution is 2.36. The number of rotatable bonds is 4. The fraction of sp³-hybridized carbons (Fsp3) is 0.100. The minimum Gasteiger partial charge on any atom is -0.341 e. The molecular weight excluding hydrogens is 346 g/mol. The molecule has 0 aliphatic rings. The third kappa shape index (κ3) is 2.60. The average molecular weight is 361 g/mol. The molecule has 0 aliphatic carbocycles. The van der Waals surface area contributed by atoms with Gasteiger partial charge in [-0.05, 0) is 36.8 Å². The van der Waals surface area contributed by atoms with E-state index in [1.54, 1.807) is 30.3 Å². The Kier molecular flexibility index (Phi) is 3.84. The maximum absolute atomic E-state index is 11.4. The summed E-state index contributed by atoms with van der Waals surface area (Å²) in [5.74, 6) is 0. The number of benzene rings is 3. The summed E-state index contributed by atoms with van der Waals surface area (Å²) in [6.07, 6.45) is 0. The predicted octanol–water partition coefficient (Wildman–Crippen LogP) is 5.30. The molecular formula is C20H15N3O4. The van der Waals surface area contributed by atoms with Crippen LogP contribution in [0.15, 0.2) is 60.7 Å². The van der Waals surface area contributed by atoms with Gasteiger partial charge in [0, 0.05) is 46.5 Å². The van der Waals surface area contributed by atoms with Crippen molar-refractivity contribution in [2.75, 3.05) is 0 Å². The summed E-state index contributed by atoms with van der Waals surface area (Å²) in [5.41, 5.74) is 3.12. The van der Waals surface area contributed by atoms with Gasteiger partial charge in [0.05, 0.1) is 15.4 Å². The Balaban J connectivity index is 2.05. The maximum Gasteiger partial charge on any atom is 0.277 e. The smallest absolute Gasteiger partial charge is 0.277 e. The highest BCUT2D eigenvalue weighted by atomic mass is 16.6. The van der Waals surface area contributed by atoms with E-state index in [1.807, 2.05) is 25.1 Å². The van der Waals surface area contributed by atoms with E-state index in [4.69, 9.17) is 0 Å². The van der Waals surface area contributed by atoms with Crippen LogP contribution in [0.5, 0.6) is 0 Å². The van der Waals surface area contributed by atoms with Crippen LogP contribution >= 0.6 is 0 Å². The van der Waals surface area contributed by atoms with Gasteiger partial charge >= 0.3 is 0 Å². The lowest BCUT2D eigenvalue weighted by atomic mass is 10.0. The molecule has 4 rings (SSSR count). The number of aryl methyl sites for hydroxylation is 1. The van der Waals surface area contributed by atoms with Gasteiger partial charge < -0.3 is 4.57 Å². The first kappa shape index (κ1) is 16.7. The summed E-state index contributed by atoms with van der Waals surface area (Å²) in [6.45, 7) is 2.72. The Morgan fingerprint density at radius 3 is 2.19 bits per heavy atom. The second kappa shape index (κ2) is 6.21. The second-order valence-corrected chi connectivity index (χ2v) is 6.21. The van der Waals surface area contributed by atoms with Crippen LogP contribution in [0.1, 0.15) is 6.92 Å². The molecule has 7 heteroatoms. The number of nitrogens with zero attached hydrogens (tertiary/aromatic N) is 3. The number of fused-ring (bicyclic) bond motifs is 3. The van der Waals surface area contributed by atoms with E-state index in [-0.39, 0.29) is 11.4 Å². The van der Waals surface area contributed by atoms with Crippen molar-refractivity contribution in [3.8, 4) is 11.1 Å². The molecule has 0 spiro atoms. The molecule has 4 aromatic rings. The van der Waals surface area contributed by atoms with Gasteiger partial charge in [-0.15, -0.1) is 0 Å². The van der Waals surface area contributed by atoms with Crippen molar-refractivity contribution in [2.45, 2.75) is 13.5 Å². The molecule has 0 atom stereocenters. The zero-order valence-corrected chi connectivity index (χ0v) is 14.5. The standard InChI is InChI=1S/C20H15N3O4/c1-2-21-18-9-7-13(15-5-3-4-6-20(15)23(26)27)11-16(18)17-12-14(22(24)25)8-10-19(17)21/h3-12H,2H2,1H3. The average Bonchev–Trinajstić information content (AvgIpc) is 3.00. The monoisotopic (exact) mass is 361 g/mol. The van der Waals surface area contributed by atoms with Crippen LogP contribution in [0.2, 0.25) is 0 Å². The number of non-ortho nitro benzene ring substituents is 1. The maximum atomic E-state index is 11.4. The number of hydrogen-bond donors (Lipinski definition) is 0. The van der Waals surface area contributed by atoms with Gasteiger partial charge in [-0.2, -0.15) is 0 Å². The number of nitro groups is 2. The molecule has 0 aliphatic heterocycles. The number of para-hydroxylation sites is 1. The molecule has 0 saturated carbocycles. The summed E-state index contributed by atoms with van der Waals surface area (Å²) < 4.78 is 2.08. The topological polar surface area (TPSA) is 91.2 Å². The van der Waals surface area contributed by atoms with Crippen LogP contribution in [-0.4, -0.2) is 14.4 Å². The summed E-state index contributed by atoms with van der Waals surface area (Å²) in [4.78, 5) is 21.7. The van der Waals surface area contributed by atoms with Gasteiger partial charge in [-0.25, -0.2) is 0 Å². The van der Waals surface area contributed by atoms with Crippen LogP contribution in [0.4, 0.5) is 11.4 Å². The quantitative estimate of drug-likeness (QED) is 0.364. The Morgan fingerprint density at radius 2 is 1.52 bits per heavy atom. The largest absolute Gasteiger partial charge is 0.341 e. The van der Waals surface area contributed by atoms with Crippen LogP contribution in [0.25, 0.3) is 32.9 Å². The molecule has 27 heavy (non-hydrogen) atoms. The third-order valence-corrected chi connectivity index (χ3v) is 4.79. The van der Waals surface area contributed by atoms with Gasteiger partial charge in [0.25, 0.3) is 11.4 Å². The molecule has 0 bridgehead atoms. The number of hydrogen-bond acceptors (Lipinski definition) is 4. The van der Waals surface area contributed by atoms with Gasteiger partial charge in [0.15, 0.2) is 0 Å². The molecule has 1 heterocycles. The first-order valence-electron chi connectivity index (χ1n) is 8.45. The number of nitro benzene ring substituents is 2. The van der Waals surface area contributed by atoms with Crippen molar-refractivity contribution < 1.29 is 9.85 Å². The highest BCUT2D eigenvalue weighted by Gasteiger charge is 2.18. The van der Waals surface area contributed by atoms with Crippen LogP contribution in [-0.2, 0) is 6.54 Å². The van der Waals surface area contributed by atoms with E-state index in [9.17, 15) is 20.2 Å².